The third kappa shape index (κ3) is 4.36. The van der Waals surface area contributed by atoms with E-state index in [1.54, 1.807) is 0 Å². The molecule has 5 unspecified atom stereocenters. The van der Waals surface area contributed by atoms with E-state index >= 15 is 0 Å². The molecular weight excluding hydrogens is 288 g/mol. The van der Waals surface area contributed by atoms with Crippen LogP contribution in [0.3, 0.4) is 0 Å². The molecule has 2 aliphatic carbocycles. The first-order valence-electron chi connectivity index (χ1n) is 9.78. The van der Waals surface area contributed by atoms with Crippen LogP contribution in [0.2, 0.25) is 0 Å². The van der Waals surface area contributed by atoms with E-state index in [-0.39, 0.29) is 6.10 Å². The van der Waals surface area contributed by atoms with E-state index < -0.39 is 5.60 Å². The fourth-order valence-electron chi connectivity index (χ4n) is 4.94. The summed E-state index contributed by atoms with van der Waals surface area (Å²) in [5.41, 5.74) is -0.518. The molecule has 0 aromatic carbocycles. The van der Waals surface area contributed by atoms with Crippen LogP contribution in [0.1, 0.15) is 79.1 Å². The zero-order valence-electron chi connectivity index (χ0n) is 15.5. The molecular formula is C20H36O3. The molecule has 0 aliphatic heterocycles. The van der Waals surface area contributed by atoms with Gasteiger partial charge < -0.3 is 9.84 Å². The van der Waals surface area contributed by atoms with Crippen molar-refractivity contribution in [3.05, 3.63) is 0 Å². The SMILES string of the molecule is CCC(O)(CC)CCCOC(C)C1CCC2C(=O)CCC(C)C21. The van der Waals surface area contributed by atoms with E-state index in [0.29, 0.717) is 29.5 Å². The zero-order chi connectivity index (χ0) is 17.0. The fourth-order valence-corrected chi connectivity index (χ4v) is 4.94. The Kier molecular flexibility index (Phi) is 6.67. The topological polar surface area (TPSA) is 46.5 Å². The minimum Gasteiger partial charge on any atom is -0.390 e. The minimum absolute atomic E-state index is 0.231. The molecule has 0 spiro atoms. The molecule has 0 heterocycles. The Labute approximate surface area is 142 Å². The molecule has 0 radical (unpaired) electrons. The summed E-state index contributed by atoms with van der Waals surface area (Å²) in [6.07, 6.45) is 7.64. The van der Waals surface area contributed by atoms with E-state index in [1.807, 2.05) is 13.8 Å². The highest BCUT2D eigenvalue weighted by molar-refractivity contribution is 5.82. The van der Waals surface area contributed by atoms with Crippen LogP contribution in [-0.4, -0.2) is 29.2 Å². The molecule has 0 amide bonds. The Bertz CT molecular complexity index is 388. The molecule has 134 valence electrons. The van der Waals surface area contributed by atoms with Gasteiger partial charge >= 0.3 is 0 Å². The lowest BCUT2D eigenvalue weighted by atomic mass is 9.70. The van der Waals surface area contributed by atoms with Gasteiger partial charge in [0.1, 0.15) is 5.78 Å². The summed E-state index contributed by atoms with van der Waals surface area (Å²) in [6, 6.07) is 0. The predicted octanol–water partition coefficient (Wildman–Crippen LogP) is 4.36. The second-order valence-corrected chi connectivity index (χ2v) is 8.02. The van der Waals surface area contributed by atoms with Crippen molar-refractivity contribution in [1.29, 1.82) is 0 Å². The molecule has 1 N–H and O–H groups in total. The Morgan fingerprint density at radius 2 is 1.96 bits per heavy atom. The fraction of sp³-hybridized carbons (Fsp3) is 0.950. The largest absolute Gasteiger partial charge is 0.390 e. The quantitative estimate of drug-likeness (QED) is 0.675. The molecule has 5 atom stereocenters. The lowest BCUT2D eigenvalue weighted by Gasteiger charge is -2.36. The highest BCUT2D eigenvalue weighted by Crippen LogP contribution is 2.48. The normalized spacial score (nSPS) is 32.8. The van der Waals surface area contributed by atoms with Crippen LogP contribution in [0.5, 0.6) is 0 Å². The van der Waals surface area contributed by atoms with Gasteiger partial charge in [0, 0.05) is 18.9 Å². The van der Waals surface area contributed by atoms with Gasteiger partial charge in [-0.15, -0.1) is 0 Å². The van der Waals surface area contributed by atoms with Crippen LogP contribution in [-0.2, 0) is 9.53 Å². The maximum Gasteiger partial charge on any atom is 0.136 e. The van der Waals surface area contributed by atoms with Crippen molar-refractivity contribution in [2.75, 3.05) is 6.61 Å². The highest BCUT2D eigenvalue weighted by Gasteiger charge is 2.47. The van der Waals surface area contributed by atoms with Gasteiger partial charge in [0.25, 0.3) is 0 Å². The maximum atomic E-state index is 12.2. The van der Waals surface area contributed by atoms with Gasteiger partial charge in [0.15, 0.2) is 0 Å². The number of aliphatic hydroxyl groups is 1. The molecule has 0 aromatic rings. The Hall–Kier alpha value is -0.410. The third-order valence-electron chi connectivity index (χ3n) is 6.77. The maximum absolute atomic E-state index is 12.2. The monoisotopic (exact) mass is 324 g/mol. The van der Waals surface area contributed by atoms with Crippen molar-refractivity contribution >= 4 is 5.78 Å². The molecule has 2 fully saturated rings. The number of rotatable bonds is 8. The van der Waals surface area contributed by atoms with Gasteiger partial charge in [-0.05, 0) is 69.6 Å². The van der Waals surface area contributed by atoms with Gasteiger partial charge in [-0.25, -0.2) is 0 Å². The number of hydrogen-bond donors (Lipinski definition) is 1. The van der Waals surface area contributed by atoms with Crippen molar-refractivity contribution in [2.24, 2.45) is 23.7 Å². The third-order valence-corrected chi connectivity index (χ3v) is 6.77. The van der Waals surface area contributed by atoms with Crippen molar-refractivity contribution in [3.8, 4) is 0 Å². The summed E-state index contributed by atoms with van der Waals surface area (Å²) in [4.78, 5) is 12.2. The summed E-state index contributed by atoms with van der Waals surface area (Å²) >= 11 is 0. The molecule has 3 heteroatoms. The van der Waals surface area contributed by atoms with Crippen LogP contribution in [0, 0.1) is 23.7 Å². The standard InChI is InChI=1S/C20H36O3/c1-5-20(22,6-2)12-7-13-23-15(4)16-9-10-17-18(21)11-8-14(3)19(16)17/h14-17,19,22H,5-13H2,1-4H3. The number of hydrogen-bond acceptors (Lipinski definition) is 3. The van der Waals surface area contributed by atoms with Gasteiger partial charge in [-0.3, -0.25) is 4.79 Å². The first-order chi connectivity index (χ1) is 10.9. The van der Waals surface area contributed by atoms with Crippen LogP contribution >= 0.6 is 0 Å². The summed E-state index contributed by atoms with van der Waals surface area (Å²) in [5, 5.41) is 10.3. The van der Waals surface area contributed by atoms with E-state index in [0.717, 1.165) is 58.0 Å². The molecule has 2 saturated carbocycles. The van der Waals surface area contributed by atoms with Gasteiger partial charge in [0.05, 0.1) is 11.7 Å². The Morgan fingerprint density at radius 1 is 1.26 bits per heavy atom. The smallest absolute Gasteiger partial charge is 0.136 e. The number of ether oxygens (including phenoxy) is 1. The molecule has 3 nitrogen and oxygen atoms in total. The van der Waals surface area contributed by atoms with Crippen LogP contribution in [0.15, 0.2) is 0 Å². The number of Topliss-reactive ketones (excluding diaryl/α,β-unsaturated/α-hetero) is 1. The number of ketones is 1. The highest BCUT2D eigenvalue weighted by atomic mass is 16.5. The van der Waals surface area contributed by atoms with E-state index in [9.17, 15) is 9.90 Å². The second-order valence-electron chi connectivity index (χ2n) is 8.02. The summed E-state index contributed by atoms with van der Waals surface area (Å²) in [5.74, 6) is 2.53. The summed E-state index contributed by atoms with van der Waals surface area (Å²) in [6.45, 7) is 9.32. The molecule has 0 saturated heterocycles. The first kappa shape index (κ1) is 18.9. The van der Waals surface area contributed by atoms with Crippen LogP contribution < -0.4 is 0 Å². The van der Waals surface area contributed by atoms with Crippen molar-refractivity contribution in [3.63, 3.8) is 0 Å². The zero-order valence-corrected chi connectivity index (χ0v) is 15.5. The van der Waals surface area contributed by atoms with E-state index in [4.69, 9.17) is 4.74 Å². The molecule has 2 aliphatic rings. The lowest BCUT2D eigenvalue weighted by Crippen LogP contribution is -2.37. The lowest BCUT2D eigenvalue weighted by molar-refractivity contribution is -0.128. The van der Waals surface area contributed by atoms with Crippen LogP contribution in [0.25, 0.3) is 0 Å². The summed E-state index contributed by atoms with van der Waals surface area (Å²) < 4.78 is 6.12. The van der Waals surface area contributed by atoms with E-state index in [2.05, 4.69) is 13.8 Å². The first-order valence-corrected chi connectivity index (χ1v) is 9.78. The van der Waals surface area contributed by atoms with E-state index in [1.165, 1.54) is 0 Å². The summed E-state index contributed by atoms with van der Waals surface area (Å²) in [7, 11) is 0. The second kappa shape index (κ2) is 8.11. The Morgan fingerprint density at radius 3 is 2.61 bits per heavy atom. The van der Waals surface area contributed by atoms with Crippen LogP contribution in [0.4, 0.5) is 0 Å². The average Bonchev–Trinajstić information content (AvgIpc) is 3.01. The average molecular weight is 325 g/mol. The van der Waals surface area contributed by atoms with Gasteiger partial charge in [-0.1, -0.05) is 20.8 Å². The van der Waals surface area contributed by atoms with Crippen molar-refractivity contribution in [1.82, 2.24) is 0 Å². The molecule has 2 rings (SSSR count). The van der Waals surface area contributed by atoms with Crippen molar-refractivity contribution in [2.45, 2.75) is 90.8 Å². The Balaban J connectivity index is 1.80. The minimum atomic E-state index is -0.518. The number of carbonyl (C=O) groups excluding carboxylic acids is 1. The number of carbonyl (C=O) groups is 1. The van der Waals surface area contributed by atoms with Gasteiger partial charge in [-0.2, -0.15) is 0 Å². The molecule has 23 heavy (non-hydrogen) atoms. The van der Waals surface area contributed by atoms with Crippen molar-refractivity contribution < 1.29 is 14.6 Å². The predicted molar refractivity (Wildman–Crippen MR) is 93.3 cm³/mol. The van der Waals surface area contributed by atoms with Gasteiger partial charge in [0.2, 0.25) is 0 Å². The molecule has 0 aromatic heterocycles. The number of fused-ring (bicyclic) bond motifs is 1. The molecule has 0 bridgehead atoms.